The number of alkyl halides is 1. The van der Waals surface area contributed by atoms with Crippen molar-refractivity contribution in [1.82, 2.24) is 0 Å². The molecule has 0 bridgehead atoms. The molecule has 18 heavy (non-hydrogen) atoms. The second-order valence-corrected chi connectivity index (χ2v) is 5.63. The van der Waals surface area contributed by atoms with E-state index in [1.165, 1.54) is 25.3 Å². The third kappa shape index (κ3) is 3.47. The average molecular weight is 315 g/mol. The smallest absolute Gasteiger partial charge is 0.123 e. The highest BCUT2D eigenvalue weighted by atomic mass is 79.9. The average Bonchev–Trinajstić information content (AvgIpc) is 2.41. The Balaban J connectivity index is 2.04. The van der Waals surface area contributed by atoms with E-state index in [1.807, 2.05) is 0 Å². The normalized spacial score (nSPS) is 23.9. The van der Waals surface area contributed by atoms with Gasteiger partial charge in [0.25, 0.3) is 0 Å². The Bertz CT molecular complexity index is 394. The van der Waals surface area contributed by atoms with E-state index in [1.54, 1.807) is 12.1 Å². The molecule has 0 aliphatic heterocycles. The first kappa shape index (κ1) is 13.9. The lowest BCUT2D eigenvalue weighted by atomic mass is 9.85. The third-order valence-corrected chi connectivity index (χ3v) is 4.38. The van der Waals surface area contributed by atoms with E-state index < -0.39 is 0 Å². The monoisotopic (exact) mass is 314 g/mol. The Labute approximate surface area is 117 Å². The molecule has 1 aromatic rings. The lowest BCUT2D eigenvalue weighted by Gasteiger charge is -2.29. The maximum absolute atomic E-state index is 13.2. The maximum Gasteiger partial charge on any atom is 0.123 e. The van der Waals surface area contributed by atoms with Crippen molar-refractivity contribution in [3.05, 3.63) is 29.6 Å². The first-order valence-corrected chi connectivity index (χ1v) is 7.86. The molecule has 0 aromatic heterocycles. The van der Waals surface area contributed by atoms with Gasteiger partial charge in [0.1, 0.15) is 11.6 Å². The number of halogens is 2. The van der Waals surface area contributed by atoms with Crippen molar-refractivity contribution in [2.24, 2.45) is 5.92 Å². The molecule has 0 radical (unpaired) electrons. The first-order valence-electron chi connectivity index (χ1n) is 6.74. The summed E-state index contributed by atoms with van der Waals surface area (Å²) in [6.07, 6.45) is 6.35. The van der Waals surface area contributed by atoms with Crippen molar-refractivity contribution in [1.29, 1.82) is 0 Å². The lowest BCUT2D eigenvalue weighted by molar-refractivity contribution is 0.121. The molecule has 1 aliphatic carbocycles. The van der Waals surface area contributed by atoms with Crippen LogP contribution in [0.25, 0.3) is 0 Å². The fourth-order valence-electron chi connectivity index (χ4n) is 2.67. The predicted molar refractivity (Wildman–Crippen MR) is 75.7 cm³/mol. The molecule has 0 amide bonds. The van der Waals surface area contributed by atoms with E-state index in [4.69, 9.17) is 4.74 Å². The van der Waals surface area contributed by atoms with E-state index in [0.29, 0.717) is 11.4 Å². The highest BCUT2D eigenvalue weighted by Crippen LogP contribution is 2.31. The van der Waals surface area contributed by atoms with Gasteiger partial charge in [-0.15, -0.1) is 0 Å². The summed E-state index contributed by atoms with van der Waals surface area (Å²) in [5.41, 5.74) is 0.897. The number of benzene rings is 1. The minimum Gasteiger partial charge on any atom is -0.490 e. The zero-order chi connectivity index (χ0) is 13.0. The summed E-state index contributed by atoms with van der Waals surface area (Å²) in [6, 6.07) is 4.77. The maximum atomic E-state index is 13.2. The molecular weight excluding hydrogens is 295 g/mol. The van der Waals surface area contributed by atoms with Gasteiger partial charge in [-0.1, -0.05) is 35.7 Å². The fraction of sp³-hybridized carbons (Fsp3) is 0.600. The molecule has 1 fully saturated rings. The number of rotatable bonds is 4. The SMILES string of the molecule is CCC1CCCC(Oc2ccc(F)cc2CBr)C1. The first-order chi connectivity index (χ1) is 8.72. The molecule has 100 valence electrons. The molecule has 2 rings (SSSR count). The van der Waals surface area contributed by atoms with E-state index in [-0.39, 0.29) is 5.82 Å². The summed E-state index contributed by atoms with van der Waals surface area (Å²) in [5, 5.41) is 0.629. The van der Waals surface area contributed by atoms with Crippen LogP contribution in [-0.2, 0) is 5.33 Å². The van der Waals surface area contributed by atoms with Crippen molar-refractivity contribution in [2.75, 3.05) is 0 Å². The fourth-order valence-corrected chi connectivity index (χ4v) is 3.10. The standard InChI is InChI=1S/C15H20BrFO/c1-2-11-4-3-5-14(8-11)18-15-7-6-13(17)9-12(15)10-16/h6-7,9,11,14H,2-5,8,10H2,1H3. The van der Waals surface area contributed by atoms with E-state index >= 15 is 0 Å². The van der Waals surface area contributed by atoms with Crippen LogP contribution in [0.5, 0.6) is 5.75 Å². The Morgan fingerprint density at radius 1 is 1.39 bits per heavy atom. The van der Waals surface area contributed by atoms with Crippen LogP contribution >= 0.6 is 15.9 Å². The number of hydrogen-bond donors (Lipinski definition) is 0. The minimum absolute atomic E-state index is 0.202. The molecule has 0 spiro atoms. The quantitative estimate of drug-likeness (QED) is 0.705. The van der Waals surface area contributed by atoms with Gasteiger partial charge in [0.2, 0.25) is 0 Å². The van der Waals surface area contributed by atoms with Gasteiger partial charge in [0.05, 0.1) is 6.10 Å². The minimum atomic E-state index is -0.202. The summed E-state index contributed by atoms with van der Waals surface area (Å²) < 4.78 is 19.2. The molecule has 0 heterocycles. The van der Waals surface area contributed by atoms with Gasteiger partial charge in [0.15, 0.2) is 0 Å². The van der Waals surface area contributed by atoms with E-state index in [2.05, 4.69) is 22.9 Å². The van der Waals surface area contributed by atoms with Crippen molar-refractivity contribution >= 4 is 15.9 Å². The third-order valence-electron chi connectivity index (χ3n) is 3.77. The van der Waals surface area contributed by atoms with Crippen LogP contribution in [0.15, 0.2) is 18.2 Å². The van der Waals surface area contributed by atoms with Gasteiger partial charge in [-0.2, -0.15) is 0 Å². The van der Waals surface area contributed by atoms with Gasteiger partial charge in [-0.25, -0.2) is 4.39 Å². The zero-order valence-electron chi connectivity index (χ0n) is 10.8. The van der Waals surface area contributed by atoms with E-state index in [0.717, 1.165) is 30.1 Å². The highest BCUT2D eigenvalue weighted by Gasteiger charge is 2.22. The zero-order valence-corrected chi connectivity index (χ0v) is 12.4. The van der Waals surface area contributed by atoms with Gasteiger partial charge in [-0.3, -0.25) is 0 Å². The number of ether oxygens (including phenoxy) is 1. The topological polar surface area (TPSA) is 9.23 Å². The molecule has 1 saturated carbocycles. The van der Waals surface area contributed by atoms with Gasteiger partial charge >= 0.3 is 0 Å². The molecule has 0 N–H and O–H groups in total. The van der Waals surface area contributed by atoms with Crippen LogP contribution in [-0.4, -0.2) is 6.10 Å². The highest BCUT2D eigenvalue weighted by molar-refractivity contribution is 9.08. The molecule has 3 heteroatoms. The van der Waals surface area contributed by atoms with Crippen molar-refractivity contribution in [3.8, 4) is 5.75 Å². The largest absolute Gasteiger partial charge is 0.490 e. The van der Waals surface area contributed by atoms with Crippen LogP contribution in [0, 0.1) is 11.7 Å². The molecule has 1 nitrogen and oxygen atoms in total. The Morgan fingerprint density at radius 3 is 2.94 bits per heavy atom. The van der Waals surface area contributed by atoms with Gasteiger partial charge in [-0.05, 0) is 43.4 Å². The Hall–Kier alpha value is -0.570. The molecular formula is C15H20BrFO. The van der Waals surface area contributed by atoms with E-state index in [9.17, 15) is 4.39 Å². The second kappa shape index (κ2) is 6.55. The summed E-state index contributed by atoms with van der Waals surface area (Å²) in [4.78, 5) is 0. The predicted octanol–water partition coefficient (Wildman–Crippen LogP) is 5.07. The Morgan fingerprint density at radius 2 is 2.22 bits per heavy atom. The molecule has 1 aliphatic rings. The van der Waals surface area contributed by atoms with Crippen LogP contribution in [0.2, 0.25) is 0 Å². The molecule has 2 atom stereocenters. The van der Waals surface area contributed by atoms with Crippen LogP contribution in [0.3, 0.4) is 0 Å². The molecule has 0 saturated heterocycles. The van der Waals surface area contributed by atoms with Crippen molar-refractivity contribution in [3.63, 3.8) is 0 Å². The lowest BCUT2D eigenvalue weighted by Crippen LogP contribution is -2.25. The van der Waals surface area contributed by atoms with Gasteiger partial charge < -0.3 is 4.74 Å². The second-order valence-electron chi connectivity index (χ2n) is 5.07. The van der Waals surface area contributed by atoms with Crippen LogP contribution < -0.4 is 4.74 Å². The van der Waals surface area contributed by atoms with Crippen LogP contribution in [0.1, 0.15) is 44.6 Å². The van der Waals surface area contributed by atoms with Crippen molar-refractivity contribution in [2.45, 2.75) is 50.5 Å². The summed E-state index contributed by atoms with van der Waals surface area (Å²) in [7, 11) is 0. The Kier molecular flexibility index (Phi) is 5.04. The summed E-state index contributed by atoms with van der Waals surface area (Å²) in [5.74, 6) is 1.42. The summed E-state index contributed by atoms with van der Waals surface area (Å²) in [6.45, 7) is 2.24. The summed E-state index contributed by atoms with van der Waals surface area (Å²) >= 11 is 3.39. The van der Waals surface area contributed by atoms with Crippen molar-refractivity contribution < 1.29 is 9.13 Å². The van der Waals surface area contributed by atoms with Gasteiger partial charge in [0, 0.05) is 10.9 Å². The molecule has 2 unspecified atom stereocenters. The van der Waals surface area contributed by atoms with Crippen LogP contribution in [0.4, 0.5) is 4.39 Å². The molecule has 1 aromatic carbocycles. The number of hydrogen-bond acceptors (Lipinski definition) is 1.